The van der Waals surface area contributed by atoms with Crippen molar-refractivity contribution in [1.82, 2.24) is 9.47 Å². The van der Waals surface area contributed by atoms with E-state index >= 15 is 0 Å². The Hall–Kier alpha value is -2.54. The molecule has 0 atom stereocenters. The third-order valence-electron chi connectivity index (χ3n) is 3.72. The first-order valence-corrected chi connectivity index (χ1v) is 7.32. The first kappa shape index (κ1) is 15.4. The van der Waals surface area contributed by atoms with Crippen molar-refractivity contribution < 1.29 is 14.0 Å². The van der Waals surface area contributed by atoms with Crippen LogP contribution in [0, 0.1) is 5.82 Å². The summed E-state index contributed by atoms with van der Waals surface area (Å²) >= 11 is 6.03. The van der Waals surface area contributed by atoms with E-state index in [0.29, 0.717) is 24.5 Å². The number of benzene rings is 1. The highest BCUT2D eigenvalue weighted by Crippen LogP contribution is 2.26. The Morgan fingerprint density at radius 2 is 1.91 bits per heavy atom. The van der Waals surface area contributed by atoms with Gasteiger partial charge in [-0.2, -0.15) is 0 Å². The number of nitrogens with one attached hydrogen (secondary N) is 1. The van der Waals surface area contributed by atoms with Crippen LogP contribution in [-0.4, -0.2) is 28.0 Å². The van der Waals surface area contributed by atoms with Gasteiger partial charge < -0.3 is 20.5 Å². The van der Waals surface area contributed by atoms with Crippen molar-refractivity contribution in [1.29, 1.82) is 0 Å². The van der Waals surface area contributed by atoms with Gasteiger partial charge in [0.05, 0.1) is 22.8 Å². The molecule has 2 aromatic rings. The minimum atomic E-state index is -0.621. The molecule has 0 radical (unpaired) electrons. The van der Waals surface area contributed by atoms with Gasteiger partial charge in [0.1, 0.15) is 5.82 Å². The number of nitrogens with two attached hydrogens (primary N) is 1. The predicted molar refractivity (Wildman–Crippen MR) is 83.8 cm³/mol. The van der Waals surface area contributed by atoms with E-state index in [1.54, 1.807) is 11.1 Å². The lowest BCUT2D eigenvalue weighted by atomic mass is 10.2. The van der Waals surface area contributed by atoms with Gasteiger partial charge in [0.2, 0.25) is 0 Å². The normalized spacial score (nSPS) is 13.6. The van der Waals surface area contributed by atoms with Crippen LogP contribution in [0.5, 0.6) is 0 Å². The van der Waals surface area contributed by atoms with Crippen molar-refractivity contribution >= 4 is 29.2 Å². The molecule has 23 heavy (non-hydrogen) atoms. The number of hydrogen-bond donors (Lipinski definition) is 2. The Bertz CT molecular complexity index is 773. The van der Waals surface area contributed by atoms with Gasteiger partial charge in [0, 0.05) is 25.0 Å². The molecule has 6 nitrogen and oxygen atoms in total. The van der Waals surface area contributed by atoms with Crippen LogP contribution < -0.4 is 11.1 Å². The number of carbonyl (C=O) groups is 2. The lowest BCUT2D eigenvalue weighted by molar-refractivity contribution is 0.0997. The quantitative estimate of drug-likeness (QED) is 0.883. The molecule has 0 saturated heterocycles. The fourth-order valence-corrected chi connectivity index (χ4v) is 2.91. The molecule has 1 aromatic heterocycles. The molecule has 0 fully saturated rings. The van der Waals surface area contributed by atoms with E-state index in [2.05, 4.69) is 5.32 Å². The van der Waals surface area contributed by atoms with E-state index in [4.69, 9.17) is 17.3 Å². The van der Waals surface area contributed by atoms with Crippen molar-refractivity contribution in [3.05, 3.63) is 52.6 Å². The first-order valence-electron chi connectivity index (χ1n) is 6.94. The Labute approximate surface area is 136 Å². The first-order chi connectivity index (χ1) is 11.0. The summed E-state index contributed by atoms with van der Waals surface area (Å²) in [5.41, 5.74) is 6.70. The van der Waals surface area contributed by atoms with Crippen LogP contribution in [0.4, 0.5) is 14.9 Å². The Morgan fingerprint density at radius 1 is 1.22 bits per heavy atom. The molecule has 0 aliphatic carbocycles. The number of halogens is 2. The van der Waals surface area contributed by atoms with Gasteiger partial charge in [-0.05, 0) is 24.3 Å². The molecule has 0 spiro atoms. The fraction of sp³-hybridized carbons (Fsp3) is 0.200. The molecular formula is C15H14ClFN4O2. The SMILES string of the molecule is NC(=O)c1c(Cl)cn2c1CN(C(=O)Nc1ccc(F)cc1)CC2. The molecule has 8 heteroatoms. The number of aromatic nitrogens is 1. The second-order valence-electron chi connectivity index (χ2n) is 5.21. The molecular weight excluding hydrogens is 323 g/mol. The third kappa shape index (κ3) is 3.00. The monoisotopic (exact) mass is 336 g/mol. The summed E-state index contributed by atoms with van der Waals surface area (Å²) < 4.78 is 14.7. The number of fused-ring (bicyclic) bond motifs is 1. The van der Waals surface area contributed by atoms with Gasteiger partial charge in [-0.3, -0.25) is 4.79 Å². The predicted octanol–water partition coefficient (Wildman–Crippen LogP) is 2.43. The molecule has 0 unspecified atom stereocenters. The maximum Gasteiger partial charge on any atom is 0.322 e. The molecule has 3 rings (SSSR count). The summed E-state index contributed by atoms with van der Waals surface area (Å²) in [4.78, 5) is 25.4. The van der Waals surface area contributed by atoms with Crippen LogP contribution in [0.2, 0.25) is 5.02 Å². The Balaban J connectivity index is 1.77. The van der Waals surface area contributed by atoms with E-state index in [0.717, 1.165) is 0 Å². The zero-order chi connectivity index (χ0) is 16.6. The minimum Gasteiger partial charge on any atom is -0.365 e. The molecule has 1 aliphatic rings. The number of carbonyl (C=O) groups excluding carboxylic acids is 2. The average Bonchev–Trinajstić information content (AvgIpc) is 2.84. The molecule has 0 saturated carbocycles. The topological polar surface area (TPSA) is 80.4 Å². The molecule has 2 heterocycles. The summed E-state index contributed by atoms with van der Waals surface area (Å²) in [6.07, 6.45) is 1.65. The highest BCUT2D eigenvalue weighted by atomic mass is 35.5. The standard InChI is InChI=1S/C15H14ClFN4O2/c16-11-7-20-5-6-21(8-12(20)13(11)14(18)22)15(23)19-10-3-1-9(17)2-4-10/h1-4,7H,5-6,8H2,(H2,18,22)(H,19,23). The van der Waals surface area contributed by atoms with Crippen LogP contribution >= 0.6 is 11.6 Å². The van der Waals surface area contributed by atoms with Gasteiger partial charge in [-0.25, -0.2) is 9.18 Å². The van der Waals surface area contributed by atoms with Gasteiger partial charge in [-0.15, -0.1) is 0 Å². The average molecular weight is 337 g/mol. The fourth-order valence-electron chi connectivity index (χ4n) is 2.59. The van der Waals surface area contributed by atoms with Gasteiger partial charge in [-0.1, -0.05) is 11.6 Å². The highest BCUT2D eigenvalue weighted by molar-refractivity contribution is 6.34. The lowest BCUT2D eigenvalue weighted by Crippen LogP contribution is -2.41. The molecule has 1 aromatic carbocycles. The number of nitrogens with zero attached hydrogens (tertiary/aromatic N) is 2. The van der Waals surface area contributed by atoms with Crippen molar-refractivity contribution in [3.8, 4) is 0 Å². The number of anilines is 1. The number of primary amides is 1. The molecule has 3 amide bonds. The number of amides is 3. The lowest BCUT2D eigenvalue weighted by Gasteiger charge is -2.29. The smallest absolute Gasteiger partial charge is 0.322 e. The second kappa shape index (κ2) is 5.92. The Kier molecular flexibility index (Phi) is 3.96. The summed E-state index contributed by atoms with van der Waals surface area (Å²) in [5.74, 6) is -0.996. The van der Waals surface area contributed by atoms with Crippen molar-refractivity contribution in [2.75, 3.05) is 11.9 Å². The van der Waals surface area contributed by atoms with Crippen LogP contribution in [0.1, 0.15) is 16.1 Å². The summed E-state index contributed by atoms with van der Waals surface area (Å²) in [6.45, 7) is 1.19. The van der Waals surface area contributed by atoms with E-state index in [1.807, 2.05) is 4.57 Å². The van der Waals surface area contributed by atoms with Gasteiger partial charge in [0.25, 0.3) is 5.91 Å². The molecule has 1 aliphatic heterocycles. The highest BCUT2D eigenvalue weighted by Gasteiger charge is 2.27. The van der Waals surface area contributed by atoms with E-state index in [9.17, 15) is 14.0 Å². The number of rotatable bonds is 2. The van der Waals surface area contributed by atoms with Gasteiger partial charge in [0.15, 0.2) is 0 Å². The van der Waals surface area contributed by atoms with Crippen molar-refractivity contribution in [2.24, 2.45) is 5.73 Å². The van der Waals surface area contributed by atoms with Crippen LogP contribution in [0.15, 0.2) is 30.5 Å². The van der Waals surface area contributed by atoms with Crippen LogP contribution in [-0.2, 0) is 13.1 Å². The second-order valence-corrected chi connectivity index (χ2v) is 5.62. The summed E-state index contributed by atoms with van der Waals surface area (Å²) in [6, 6.07) is 5.15. The number of hydrogen-bond acceptors (Lipinski definition) is 2. The third-order valence-corrected chi connectivity index (χ3v) is 4.01. The maximum absolute atomic E-state index is 12.9. The summed E-state index contributed by atoms with van der Waals surface area (Å²) in [5, 5.41) is 2.97. The van der Waals surface area contributed by atoms with Crippen LogP contribution in [0.25, 0.3) is 0 Å². The van der Waals surface area contributed by atoms with Crippen molar-refractivity contribution in [3.63, 3.8) is 0 Å². The van der Waals surface area contributed by atoms with Crippen LogP contribution in [0.3, 0.4) is 0 Å². The van der Waals surface area contributed by atoms with E-state index in [1.165, 1.54) is 24.3 Å². The maximum atomic E-state index is 12.9. The largest absolute Gasteiger partial charge is 0.365 e. The molecule has 0 bridgehead atoms. The van der Waals surface area contributed by atoms with E-state index < -0.39 is 5.91 Å². The number of urea groups is 1. The van der Waals surface area contributed by atoms with Gasteiger partial charge >= 0.3 is 6.03 Å². The summed E-state index contributed by atoms with van der Waals surface area (Å²) in [7, 11) is 0. The Morgan fingerprint density at radius 3 is 2.57 bits per heavy atom. The molecule has 3 N–H and O–H groups in total. The van der Waals surface area contributed by atoms with E-state index in [-0.39, 0.29) is 29.0 Å². The zero-order valence-corrected chi connectivity index (χ0v) is 12.8. The zero-order valence-electron chi connectivity index (χ0n) is 12.1. The molecule has 120 valence electrons. The van der Waals surface area contributed by atoms with Crippen molar-refractivity contribution in [2.45, 2.75) is 13.1 Å². The minimum absolute atomic E-state index is 0.220.